The molecule has 0 heterocycles. The fraction of sp³-hybridized carbons (Fsp3) is 0.364. The number of hydrogen-bond donors (Lipinski definition) is 1. The Kier molecular flexibility index (Phi) is 3.97. The summed E-state index contributed by atoms with van der Waals surface area (Å²) in [6.45, 7) is 3.93. The van der Waals surface area contributed by atoms with Gasteiger partial charge < -0.3 is 4.74 Å². The minimum atomic E-state index is -1.34. The van der Waals surface area contributed by atoms with Gasteiger partial charge in [-0.1, -0.05) is 19.1 Å². The number of amides is 1. The van der Waals surface area contributed by atoms with Crippen LogP contribution in [-0.2, 0) is 5.11 Å². The van der Waals surface area contributed by atoms with Crippen LogP contribution >= 0.6 is 0 Å². The van der Waals surface area contributed by atoms with Crippen LogP contribution in [0.2, 0.25) is 0 Å². The van der Waals surface area contributed by atoms with Crippen LogP contribution in [0.3, 0.4) is 0 Å². The molecule has 0 aliphatic carbocycles. The van der Waals surface area contributed by atoms with Gasteiger partial charge in [-0.15, -0.1) is 0 Å². The quantitative estimate of drug-likeness (QED) is 0.827. The Labute approximate surface area is 88.9 Å². The van der Waals surface area contributed by atoms with Crippen molar-refractivity contribution in [2.75, 3.05) is 5.32 Å². The summed E-state index contributed by atoms with van der Waals surface area (Å²) in [7, 11) is 0. The Bertz CT molecular complexity index is 338. The van der Waals surface area contributed by atoms with Gasteiger partial charge in [-0.2, -0.15) is 0 Å². The van der Waals surface area contributed by atoms with Crippen molar-refractivity contribution in [2.24, 2.45) is 0 Å². The van der Waals surface area contributed by atoms with Crippen molar-refractivity contribution in [3.63, 3.8) is 0 Å². The molecule has 0 fully saturated rings. The summed E-state index contributed by atoms with van der Waals surface area (Å²) in [5.41, 5.74) is 0.415. The van der Waals surface area contributed by atoms with E-state index in [-0.39, 0.29) is 6.10 Å². The lowest BCUT2D eigenvalue weighted by molar-refractivity contribution is 0.184. The lowest BCUT2D eigenvalue weighted by atomic mass is 10.2. The van der Waals surface area contributed by atoms with E-state index in [1.807, 2.05) is 13.8 Å². The SMILES string of the molecule is CCC(C)Oc1ccccc1NC([O])=O. The molecule has 81 valence electrons. The number of ether oxygens (including phenoxy) is 1. The Balaban J connectivity index is 2.81. The summed E-state index contributed by atoms with van der Waals surface area (Å²) in [6.07, 6.45) is -0.426. The molecule has 1 rings (SSSR count). The second kappa shape index (κ2) is 5.24. The van der Waals surface area contributed by atoms with Gasteiger partial charge in [0.15, 0.2) is 0 Å². The lowest BCUT2D eigenvalue weighted by Gasteiger charge is -2.15. The monoisotopic (exact) mass is 208 g/mol. The average Bonchev–Trinajstić information content (AvgIpc) is 2.20. The smallest absolute Gasteiger partial charge is 0.455 e. The Morgan fingerprint density at radius 3 is 2.73 bits per heavy atom. The van der Waals surface area contributed by atoms with Crippen LogP contribution < -0.4 is 10.1 Å². The molecule has 0 aromatic heterocycles. The number of hydrogen-bond acceptors (Lipinski definition) is 2. The van der Waals surface area contributed by atoms with Crippen LogP contribution in [0.1, 0.15) is 20.3 Å². The second-order valence-electron chi connectivity index (χ2n) is 3.25. The molecule has 1 aromatic rings. The fourth-order valence-electron chi connectivity index (χ4n) is 1.08. The van der Waals surface area contributed by atoms with Crippen LogP contribution in [0.15, 0.2) is 24.3 Å². The van der Waals surface area contributed by atoms with Crippen molar-refractivity contribution < 1.29 is 14.6 Å². The van der Waals surface area contributed by atoms with Crippen LogP contribution in [0.4, 0.5) is 10.5 Å². The third-order valence-electron chi connectivity index (χ3n) is 2.03. The number of rotatable bonds is 4. The Hall–Kier alpha value is -1.71. The standard InChI is InChI=1S/C11H14NO3/c1-3-8(2)15-10-7-5-4-6-9(10)12-11(13)14/h4-8,12H,3H2,1-2H3. The maximum atomic E-state index is 10.4. The molecule has 1 radical (unpaired) electrons. The summed E-state index contributed by atoms with van der Waals surface area (Å²) in [4.78, 5) is 10.4. The molecule has 1 unspecified atom stereocenters. The van der Waals surface area contributed by atoms with Gasteiger partial charge in [0.1, 0.15) is 5.75 Å². The molecule has 1 N–H and O–H groups in total. The molecule has 1 atom stereocenters. The van der Waals surface area contributed by atoms with E-state index < -0.39 is 6.09 Å². The molecule has 0 aliphatic rings. The molecule has 0 saturated carbocycles. The van der Waals surface area contributed by atoms with E-state index in [1.165, 1.54) is 0 Å². The van der Waals surface area contributed by atoms with Gasteiger partial charge in [0.2, 0.25) is 0 Å². The summed E-state index contributed by atoms with van der Waals surface area (Å²) in [5, 5.41) is 12.6. The van der Waals surface area contributed by atoms with Crippen LogP contribution in [0.25, 0.3) is 0 Å². The van der Waals surface area contributed by atoms with Gasteiger partial charge in [-0.05, 0) is 25.5 Å². The fourth-order valence-corrected chi connectivity index (χ4v) is 1.08. The Morgan fingerprint density at radius 2 is 2.13 bits per heavy atom. The predicted octanol–water partition coefficient (Wildman–Crippen LogP) is 2.83. The van der Waals surface area contributed by atoms with Crippen molar-refractivity contribution in [3.8, 4) is 5.75 Å². The first-order valence-corrected chi connectivity index (χ1v) is 4.87. The van der Waals surface area contributed by atoms with Gasteiger partial charge >= 0.3 is 6.09 Å². The first kappa shape index (κ1) is 11.4. The molecule has 0 saturated heterocycles. The highest BCUT2D eigenvalue weighted by Crippen LogP contribution is 2.25. The van der Waals surface area contributed by atoms with E-state index in [0.717, 1.165) is 6.42 Å². The van der Waals surface area contributed by atoms with E-state index in [2.05, 4.69) is 5.32 Å². The van der Waals surface area contributed by atoms with Gasteiger partial charge in [0.25, 0.3) is 0 Å². The number of carbonyl (C=O) groups excluding carboxylic acids is 1. The lowest BCUT2D eigenvalue weighted by Crippen LogP contribution is -2.13. The number of nitrogens with one attached hydrogen (secondary N) is 1. The maximum Gasteiger partial charge on any atom is 0.455 e. The summed E-state index contributed by atoms with van der Waals surface area (Å²) in [5.74, 6) is 0.524. The van der Waals surface area contributed by atoms with Gasteiger partial charge in [0.05, 0.1) is 11.8 Å². The Morgan fingerprint density at radius 1 is 1.47 bits per heavy atom. The molecule has 4 nitrogen and oxygen atoms in total. The predicted molar refractivity (Wildman–Crippen MR) is 56.5 cm³/mol. The van der Waals surface area contributed by atoms with E-state index in [1.54, 1.807) is 24.3 Å². The molecule has 15 heavy (non-hydrogen) atoms. The van der Waals surface area contributed by atoms with Crippen molar-refractivity contribution in [2.45, 2.75) is 26.4 Å². The average molecular weight is 208 g/mol. The van der Waals surface area contributed by atoms with E-state index in [4.69, 9.17) is 4.74 Å². The number of para-hydroxylation sites is 2. The number of anilines is 1. The van der Waals surface area contributed by atoms with Gasteiger partial charge in [0, 0.05) is 0 Å². The molecule has 1 amide bonds. The minimum Gasteiger partial charge on any atom is -0.489 e. The van der Waals surface area contributed by atoms with Crippen molar-refractivity contribution in [1.29, 1.82) is 0 Å². The maximum absolute atomic E-state index is 10.4. The van der Waals surface area contributed by atoms with Gasteiger partial charge in [-0.3, -0.25) is 5.32 Å². The zero-order chi connectivity index (χ0) is 11.3. The normalized spacial score (nSPS) is 11.9. The highest BCUT2D eigenvalue weighted by molar-refractivity contribution is 5.84. The molecule has 4 heteroatoms. The molecule has 0 aliphatic heterocycles. The van der Waals surface area contributed by atoms with Crippen LogP contribution in [0, 0.1) is 0 Å². The molecular weight excluding hydrogens is 194 g/mol. The molecule has 0 bridgehead atoms. The zero-order valence-electron chi connectivity index (χ0n) is 8.82. The van der Waals surface area contributed by atoms with E-state index in [9.17, 15) is 9.90 Å². The molecule has 1 aromatic carbocycles. The summed E-state index contributed by atoms with van der Waals surface area (Å²) < 4.78 is 5.54. The number of benzene rings is 1. The summed E-state index contributed by atoms with van der Waals surface area (Å²) >= 11 is 0. The topological polar surface area (TPSA) is 58.2 Å². The first-order valence-electron chi connectivity index (χ1n) is 4.87. The van der Waals surface area contributed by atoms with E-state index in [0.29, 0.717) is 11.4 Å². The zero-order valence-corrected chi connectivity index (χ0v) is 8.82. The van der Waals surface area contributed by atoms with Crippen molar-refractivity contribution >= 4 is 11.8 Å². The van der Waals surface area contributed by atoms with Crippen molar-refractivity contribution in [1.82, 2.24) is 0 Å². The second-order valence-corrected chi connectivity index (χ2v) is 3.25. The van der Waals surface area contributed by atoms with Crippen LogP contribution in [0.5, 0.6) is 5.75 Å². The number of carbonyl (C=O) groups is 1. The first-order chi connectivity index (χ1) is 7.13. The third-order valence-corrected chi connectivity index (χ3v) is 2.03. The van der Waals surface area contributed by atoms with Crippen molar-refractivity contribution in [3.05, 3.63) is 24.3 Å². The van der Waals surface area contributed by atoms with Gasteiger partial charge in [-0.25, -0.2) is 9.90 Å². The third kappa shape index (κ3) is 3.50. The highest BCUT2D eigenvalue weighted by atomic mass is 16.5. The minimum absolute atomic E-state index is 0.0507. The largest absolute Gasteiger partial charge is 0.489 e. The highest BCUT2D eigenvalue weighted by Gasteiger charge is 2.08. The molecular formula is C11H14NO3. The van der Waals surface area contributed by atoms with Crippen LogP contribution in [-0.4, -0.2) is 12.2 Å². The van der Waals surface area contributed by atoms with E-state index >= 15 is 0 Å². The molecule has 0 spiro atoms. The summed E-state index contributed by atoms with van der Waals surface area (Å²) in [6, 6.07) is 6.87.